The third kappa shape index (κ3) is 4.27. The summed E-state index contributed by atoms with van der Waals surface area (Å²) in [6, 6.07) is 7.59. The van der Waals surface area contributed by atoms with Gasteiger partial charge in [-0.15, -0.1) is 10.2 Å². The number of nitrogens with zero attached hydrogens (tertiary/aromatic N) is 3. The molecule has 1 fully saturated rings. The number of halogens is 1. The molecule has 1 aliphatic carbocycles. The van der Waals surface area contributed by atoms with Crippen molar-refractivity contribution in [2.45, 2.75) is 43.8 Å². The fourth-order valence-electron chi connectivity index (χ4n) is 3.11. The zero-order valence-corrected chi connectivity index (χ0v) is 15.7. The molecule has 6 nitrogen and oxygen atoms in total. The molecule has 0 saturated heterocycles. The molecule has 1 heterocycles. The maximum Gasteiger partial charge on any atom is 0.230 e. The third-order valence-corrected chi connectivity index (χ3v) is 5.84. The van der Waals surface area contributed by atoms with E-state index in [1.165, 1.54) is 35.7 Å². The van der Waals surface area contributed by atoms with E-state index in [9.17, 15) is 4.79 Å². The molecule has 1 aromatic heterocycles. The fraction of sp³-hybridized carbons (Fsp3) is 0.471. The summed E-state index contributed by atoms with van der Waals surface area (Å²) < 4.78 is 1.38. The van der Waals surface area contributed by atoms with E-state index in [4.69, 9.17) is 17.4 Å². The predicted molar refractivity (Wildman–Crippen MR) is 101 cm³/mol. The van der Waals surface area contributed by atoms with Gasteiger partial charge < -0.3 is 11.2 Å². The van der Waals surface area contributed by atoms with Gasteiger partial charge in [0.05, 0.1) is 10.8 Å². The second-order valence-electron chi connectivity index (χ2n) is 6.38. The largest absolute Gasteiger partial charge is 0.352 e. The number of carbonyl (C=O) groups excluding carboxylic acids is 1. The van der Waals surface area contributed by atoms with Crippen LogP contribution in [0.15, 0.2) is 29.4 Å². The summed E-state index contributed by atoms with van der Waals surface area (Å²) in [6.07, 6.45) is 4.67. The lowest BCUT2D eigenvalue weighted by atomic mass is 9.86. The summed E-state index contributed by atoms with van der Waals surface area (Å²) in [5, 5.41) is 12.4. The van der Waals surface area contributed by atoms with Crippen molar-refractivity contribution >= 4 is 29.3 Å². The number of nitrogens with two attached hydrogens (primary N) is 1. The molecule has 134 valence electrons. The molecule has 0 unspecified atom stereocenters. The Balaban J connectivity index is 1.60. The van der Waals surface area contributed by atoms with E-state index in [1.807, 2.05) is 18.2 Å². The Labute approximate surface area is 156 Å². The monoisotopic (exact) mass is 379 g/mol. The molecule has 8 heteroatoms. The van der Waals surface area contributed by atoms with Crippen LogP contribution in [0.1, 0.15) is 32.6 Å². The number of carbonyl (C=O) groups is 1. The van der Waals surface area contributed by atoms with Crippen molar-refractivity contribution in [2.24, 2.45) is 5.92 Å². The average Bonchev–Trinajstić information content (AvgIpc) is 2.96. The Morgan fingerprint density at radius 2 is 2.12 bits per heavy atom. The van der Waals surface area contributed by atoms with E-state index < -0.39 is 0 Å². The van der Waals surface area contributed by atoms with Crippen molar-refractivity contribution in [3.05, 3.63) is 29.3 Å². The summed E-state index contributed by atoms with van der Waals surface area (Å²) in [5.41, 5.74) is 0.714. The number of rotatable bonds is 5. The van der Waals surface area contributed by atoms with Gasteiger partial charge in [-0.05, 0) is 30.9 Å². The van der Waals surface area contributed by atoms with Crippen LogP contribution in [0.2, 0.25) is 5.02 Å². The summed E-state index contributed by atoms with van der Waals surface area (Å²) in [6.45, 7) is 2.20. The average molecular weight is 380 g/mol. The van der Waals surface area contributed by atoms with Crippen LogP contribution in [-0.2, 0) is 4.79 Å². The minimum Gasteiger partial charge on any atom is -0.352 e. The first-order valence-corrected chi connectivity index (χ1v) is 9.80. The van der Waals surface area contributed by atoms with Gasteiger partial charge in [0.2, 0.25) is 11.1 Å². The smallest absolute Gasteiger partial charge is 0.230 e. The standard InChI is InChI=1S/C17H22ClN5OS/c1-11-6-2-5-9-14(11)20-15(24)10-25-17-22-21-16(23(17)19)12-7-3-4-8-13(12)18/h3-4,7-8,11,14H,2,5-6,9-10,19H2,1H3,(H,20,24)/t11-,14-/m0/s1. The van der Waals surface area contributed by atoms with E-state index in [-0.39, 0.29) is 17.7 Å². The van der Waals surface area contributed by atoms with Gasteiger partial charge in [0.25, 0.3) is 0 Å². The number of nitrogen functional groups attached to an aromatic ring is 1. The summed E-state index contributed by atoms with van der Waals surface area (Å²) in [4.78, 5) is 12.2. The quantitative estimate of drug-likeness (QED) is 0.615. The number of thioether (sulfide) groups is 1. The number of nitrogens with one attached hydrogen (secondary N) is 1. The van der Waals surface area contributed by atoms with Crippen LogP contribution >= 0.6 is 23.4 Å². The predicted octanol–water partition coefficient (Wildman–Crippen LogP) is 3.10. The molecule has 0 spiro atoms. The van der Waals surface area contributed by atoms with E-state index in [0.717, 1.165) is 6.42 Å². The Hall–Kier alpha value is -1.73. The minimum absolute atomic E-state index is 0.00560. The van der Waals surface area contributed by atoms with Crippen LogP contribution in [0.4, 0.5) is 0 Å². The Morgan fingerprint density at radius 1 is 1.36 bits per heavy atom. The highest BCUT2D eigenvalue weighted by Gasteiger charge is 2.23. The topological polar surface area (TPSA) is 85.8 Å². The van der Waals surface area contributed by atoms with Gasteiger partial charge in [0.1, 0.15) is 0 Å². The van der Waals surface area contributed by atoms with Crippen LogP contribution in [0.3, 0.4) is 0 Å². The molecule has 0 aliphatic heterocycles. The minimum atomic E-state index is 0.00560. The molecule has 2 aromatic rings. The van der Waals surface area contributed by atoms with Crippen LogP contribution in [0, 0.1) is 5.92 Å². The van der Waals surface area contributed by atoms with E-state index in [2.05, 4.69) is 22.4 Å². The van der Waals surface area contributed by atoms with Gasteiger partial charge >= 0.3 is 0 Å². The maximum atomic E-state index is 12.2. The van der Waals surface area contributed by atoms with Crippen molar-refractivity contribution in [2.75, 3.05) is 11.6 Å². The first kappa shape index (κ1) is 18.1. The van der Waals surface area contributed by atoms with Gasteiger partial charge in [0.15, 0.2) is 5.82 Å². The van der Waals surface area contributed by atoms with Crippen LogP contribution < -0.4 is 11.2 Å². The van der Waals surface area contributed by atoms with Crippen molar-refractivity contribution < 1.29 is 4.79 Å². The zero-order valence-electron chi connectivity index (χ0n) is 14.1. The van der Waals surface area contributed by atoms with Gasteiger partial charge in [-0.3, -0.25) is 4.79 Å². The van der Waals surface area contributed by atoms with Crippen LogP contribution in [0.25, 0.3) is 11.4 Å². The van der Waals surface area contributed by atoms with Crippen molar-refractivity contribution in [3.63, 3.8) is 0 Å². The number of aromatic nitrogens is 3. The van der Waals surface area contributed by atoms with Gasteiger partial charge in [-0.1, -0.05) is 55.3 Å². The molecular weight excluding hydrogens is 358 g/mol. The van der Waals surface area contributed by atoms with Crippen LogP contribution in [0.5, 0.6) is 0 Å². The molecule has 0 bridgehead atoms. The third-order valence-electron chi connectivity index (χ3n) is 4.57. The van der Waals surface area contributed by atoms with Crippen molar-refractivity contribution in [1.29, 1.82) is 0 Å². The molecule has 1 aromatic carbocycles. The number of hydrogen-bond acceptors (Lipinski definition) is 5. The SMILES string of the molecule is C[C@H]1CCCC[C@@H]1NC(=O)CSc1nnc(-c2ccccc2Cl)n1N. The number of amides is 1. The molecule has 2 atom stereocenters. The summed E-state index contributed by atoms with van der Waals surface area (Å²) in [5.74, 6) is 7.36. The molecule has 25 heavy (non-hydrogen) atoms. The molecule has 1 aliphatic rings. The first-order valence-electron chi connectivity index (χ1n) is 8.44. The lowest BCUT2D eigenvalue weighted by molar-refractivity contribution is -0.119. The fourth-order valence-corrected chi connectivity index (χ4v) is 4.00. The van der Waals surface area contributed by atoms with Crippen molar-refractivity contribution in [1.82, 2.24) is 20.2 Å². The lowest BCUT2D eigenvalue weighted by Crippen LogP contribution is -2.41. The Morgan fingerprint density at radius 3 is 2.88 bits per heavy atom. The normalized spacial score (nSPS) is 20.4. The second-order valence-corrected chi connectivity index (χ2v) is 7.73. The Kier molecular flexibility index (Phi) is 5.86. The van der Waals surface area contributed by atoms with Gasteiger partial charge in [0, 0.05) is 11.6 Å². The highest BCUT2D eigenvalue weighted by Crippen LogP contribution is 2.28. The van der Waals surface area contributed by atoms with Gasteiger partial charge in [-0.25, -0.2) is 4.68 Å². The molecular formula is C17H22ClN5OS. The maximum absolute atomic E-state index is 12.2. The van der Waals surface area contributed by atoms with Crippen molar-refractivity contribution in [3.8, 4) is 11.4 Å². The Bertz CT molecular complexity index is 750. The number of hydrogen-bond donors (Lipinski definition) is 2. The molecule has 3 rings (SSSR count). The highest BCUT2D eigenvalue weighted by molar-refractivity contribution is 7.99. The highest BCUT2D eigenvalue weighted by atomic mass is 35.5. The second kappa shape index (κ2) is 8.10. The first-order chi connectivity index (χ1) is 12.1. The lowest BCUT2D eigenvalue weighted by Gasteiger charge is -2.29. The molecule has 1 saturated carbocycles. The van der Waals surface area contributed by atoms with E-state index in [1.54, 1.807) is 6.07 Å². The van der Waals surface area contributed by atoms with Gasteiger partial charge in [-0.2, -0.15) is 0 Å². The zero-order chi connectivity index (χ0) is 17.8. The number of benzene rings is 1. The van der Waals surface area contributed by atoms with Crippen LogP contribution in [-0.4, -0.2) is 32.6 Å². The molecule has 3 N–H and O–H groups in total. The van der Waals surface area contributed by atoms with E-state index >= 15 is 0 Å². The molecule has 1 amide bonds. The van der Waals surface area contributed by atoms with E-state index in [0.29, 0.717) is 27.5 Å². The molecule has 0 radical (unpaired) electrons. The summed E-state index contributed by atoms with van der Waals surface area (Å²) in [7, 11) is 0. The summed E-state index contributed by atoms with van der Waals surface area (Å²) >= 11 is 7.46.